The third-order valence-corrected chi connectivity index (χ3v) is 6.24. The van der Waals surface area contributed by atoms with Crippen molar-refractivity contribution < 1.29 is 13.6 Å². The second-order valence-corrected chi connectivity index (χ2v) is 11.1. The molecule has 0 bridgehead atoms. The highest BCUT2D eigenvalue weighted by atomic mass is 32.5. The Morgan fingerprint density at radius 3 is 2.04 bits per heavy atom. The van der Waals surface area contributed by atoms with Crippen LogP contribution in [0.2, 0.25) is 0 Å². The van der Waals surface area contributed by atoms with Crippen LogP contribution in [0.3, 0.4) is 0 Å². The van der Waals surface area contributed by atoms with E-state index in [2.05, 4.69) is 59.7 Å². The Balaban J connectivity index is 2.52. The fraction of sp³-hybridized carbons (Fsp3) is 0.667. The van der Waals surface area contributed by atoms with E-state index in [1.165, 1.54) is 0 Å². The van der Waals surface area contributed by atoms with Gasteiger partial charge in [0.2, 0.25) is 0 Å². The summed E-state index contributed by atoms with van der Waals surface area (Å²) in [5.41, 5.74) is 2.18. The molecule has 0 amide bonds. The quantitative estimate of drug-likeness (QED) is 0.634. The highest BCUT2D eigenvalue weighted by Gasteiger charge is 2.34. The molecule has 1 aliphatic rings. The van der Waals surface area contributed by atoms with E-state index < -0.39 is 6.72 Å². The Labute approximate surface area is 146 Å². The number of hydrogen-bond donors (Lipinski definition) is 0. The average Bonchev–Trinajstić information content (AvgIpc) is 2.35. The van der Waals surface area contributed by atoms with Gasteiger partial charge in [-0.25, -0.2) is 0 Å². The molecule has 130 valence electrons. The first-order valence-electron chi connectivity index (χ1n) is 8.19. The second-order valence-electron chi connectivity index (χ2n) is 8.26. The molecule has 2 atom stereocenters. The van der Waals surface area contributed by atoms with Crippen LogP contribution >= 0.6 is 6.72 Å². The molecule has 0 aliphatic carbocycles. The van der Waals surface area contributed by atoms with Gasteiger partial charge in [0, 0.05) is 22.9 Å². The molecule has 5 heteroatoms. The van der Waals surface area contributed by atoms with Crippen LogP contribution in [0, 0.1) is 0 Å². The van der Waals surface area contributed by atoms with Gasteiger partial charge < -0.3 is 4.52 Å². The summed E-state index contributed by atoms with van der Waals surface area (Å²) in [7, 11) is 0. The highest BCUT2D eigenvalue weighted by molar-refractivity contribution is 8.07. The fourth-order valence-corrected chi connectivity index (χ4v) is 4.95. The van der Waals surface area contributed by atoms with Gasteiger partial charge in [-0.1, -0.05) is 59.7 Å². The summed E-state index contributed by atoms with van der Waals surface area (Å²) in [6, 6.07) is 6.31. The van der Waals surface area contributed by atoms with Crippen molar-refractivity contribution in [3.05, 3.63) is 29.3 Å². The second kappa shape index (κ2) is 6.48. The summed E-state index contributed by atoms with van der Waals surface area (Å²) in [6.45, 7) is 13.0. The Morgan fingerprint density at radius 1 is 1.09 bits per heavy atom. The molecule has 0 N–H and O–H groups in total. The van der Waals surface area contributed by atoms with Crippen LogP contribution in [-0.4, -0.2) is 12.7 Å². The Bertz CT molecular complexity index is 581. The van der Waals surface area contributed by atoms with E-state index in [9.17, 15) is 0 Å². The maximum absolute atomic E-state index is 6.31. The first-order valence-corrected chi connectivity index (χ1v) is 10.7. The summed E-state index contributed by atoms with van der Waals surface area (Å²) >= 11 is 5.62. The first kappa shape index (κ1) is 18.9. The van der Waals surface area contributed by atoms with Crippen molar-refractivity contribution in [1.82, 2.24) is 0 Å². The van der Waals surface area contributed by atoms with Crippen LogP contribution in [0.4, 0.5) is 0 Å². The van der Waals surface area contributed by atoms with Gasteiger partial charge in [0.05, 0.1) is 12.7 Å². The van der Waals surface area contributed by atoms with Crippen molar-refractivity contribution in [3.8, 4) is 5.75 Å². The van der Waals surface area contributed by atoms with E-state index in [1.54, 1.807) is 0 Å². The lowest BCUT2D eigenvalue weighted by Crippen LogP contribution is -2.23. The molecule has 0 radical (unpaired) electrons. The Hall–Kier alpha value is -0.410. The lowest BCUT2D eigenvalue weighted by atomic mass is 9.80. The normalized spacial score (nSPS) is 26.1. The minimum Gasteiger partial charge on any atom is -0.423 e. The van der Waals surface area contributed by atoms with Crippen molar-refractivity contribution in [3.63, 3.8) is 0 Å². The van der Waals surface area contributed by atoms with Crippen LogP contribution in [0.25, 0.3) is 0 Å². The molecular weight excluding hydrogens is 327 g/mol. The van der Waals surface area contributed by atoms with Gasteiger partial charge in [0.1, 0.15) is 5.75 Å². The molecule has 23 heavy (non-hydrogen) atoms. The van der Waals surface area contributed by atoms with Gasteiger partial charge in [-0.3, -0.25) is 9.05 Å². The maximum Gasteiger partial charge on any atom is 0.380 e. The van der Waals surface area contributed by atoms with Crippen molar-refractivity contribution >= 4 is 18.5 Å². The van der Waals surface area contributed by atoms with E-state index in [4.69, 9.17) is 25.4 Å². The van der Waals surface area contributed by atoms with Crippen LogP contribution < -0.4 is 4.52 Å². The van der Waals surface area contributed by atoms with E-state index in [1.807, 2.05) is 6.92 Å². The van der Waals surface area contributed by atoms with Crippen molar-refractivity contribution in [2.75, 3.05) is 6.61 Å². The van der Waals surface area contributed by atoms with E-state index in [-0.39, 0.29) is 16.9 Å². The highest BCUT2D eigenvalue weighted by Crippen LogP contribution is 2.56. The molecule has 2 unspecified atom stereocenters. The number of benzene rings is 1. The molecule has 0 spiro atoms. The molecule has 1 saturated heterocycles. The zero-order chi connectivity index (χ0) is 17.5. The third kappa shape index (κ3) is 4.57. The lowest BCUT2D eigenvalue weighted by Gasteiger charge is -2.35. The van der Waals surface area contributed by atoms with Crippen LogP contribution in [-0.2, 0) is 31.7 Å². The zero-order valence-electron chi connectivity index (χ0n) is 15.3. The molecule has 2 rings (SSSR count). The number of hydrogen-bond acceptors (Lipinski definition) is 4. The molecule has 0 saturated carbocycles. The summed E-state index contributed by atoms with van der Waals surface area (Å²) in [5, 5.41) is 0. The van der Waals surface area contributed by atoms with E-state index >= 15 is 0 Å². The topological polar surface area (TPSA) is 27.7 Å². The van der Waals surface area contributed by atoms with Crippen LogP contribution in [0.5, 0.6) is 5.75 Å². The van der Waals surface area contributed by atoms with E-state index in [0.29, 0.717) is 6.61 Å². The SMILES string of the molecule is CC1CCOP(=S)(Oc2c(C(C)(C)C)cccc2C(C)(C)C)O1. The first-order chi connectivity index (χ1) is 10.4. The van der Waals surface area contributed by atoms with Gasteiger partial charge >= 0.3 is 6.72 Å². The van der Waals surface area contributed by atoms with Gasteiger partial charge in [-0.15, -0.1) is 0 Å². The molecule has 1 aliphatic heterocycles. The predicted molar refractivity (Wildman–Crippen MR) is 99.9 cm³/mol. The van der Waals surface area contributed by atoms with Gasteiger partial charge in [-0.05, 0) is 24.2 Å². The summed E-state index contributed by atoms with van der Waals surface area (Å²) in [6.07, 6.45) is 0.934. The maximum atomic E-state index is 6.31. The smallest absolute Gasteiger partial charge is 0.380 e. The Kier molecular flexibility index (Phi) is 5.33. The average molecular weight is 356 g/mol. The zero-order valence-corrected chi connectivity index (χ0v) is 17.0. The van der Waals surface area contributed by atoms with Gasteiger partial charge in [0.25, 0.3) is 0 Å². The van der Waals surface area contributed by atoms with Crippen LogP contribution in [0.1, 0.15) is 66.0 Å². The van der Waals surface area contributed by atoms with Crippen LogP contribution in [0.15, 0.2) is 18.2 Å². The van der Waals surface area contributed by atoms with Crippen molar-refractivity contribution in [2.45, 2.75) is 71.8 Å². The molecule has 1 aromatic carbocycles. The monoisotopic (exact) mass is 356 g/mol. The van der Waals surface area contributed by atoms with Crippen molar-refractivity contribution in [2.24, 2.45) is 0 Å². The third-order valence-electron chi connectivity index (χ3n) is 3.92. The molecule has 1 heterocycles. The molecule has 1 fully saturated rings. The largest absolute Gasteiger partial charge is 0.423 e. The van der Waals surface area contributed by atoms with Gasteiger partial charge in [-0.2, -0.15) is 0 Å². The minimum absolute atomic E-state index is 0.0491. The number of rotatable bonds is 2. The molecule has 3 nitrogen and oxygen atoms in total. The lowest BCUT2D eigenvalue weighted by molar-refractivity contribution is 0.0905. The summed E-state index contributed by atoms with van der Waals surface area (Å²) in [5.74, 6) is 0.838. The van der Waals surface area contributed by atoms with E-state index in [0.717, 1.165) is 23.3 Å². The molecule has 1 aromatic rings. The molecular formula is C18H29O3PS. The fourth-order valence-electron chi connectivity index (χ4n) is 2.61. The Morgan fingerprint density at radius 2 is 1.61 bits per heavy atom. The van der Waals surface area contributed by atoms with Gasteiger partial charge in [0.15, 0.2) is 0 Å². The summed E-state index contributed by atoms with van der Waals surface area (Å²) in [4.78, 5) is 0. The molecule has 0 aromatic heterocycles. The standard InChI is InChI=1S/C18H29O3PS/c1-13-11-12-19-22(23,20-13)21-16-14(17(2,3)4)9-8-10-15(16)18(5,6)7/h8-10,13H,11-12H2,1-7H3. The number of para-hydroxylation sites is 1. The van der Waals surface area contributed by atoms with Crippen molar-refractivity contribution in [1.29, 1.82) is 0 Å². The predicted octanol–water partition coefficient (Wildman–Crippen LogP) is 5.71. The summed E-state index contributed by atoms with van der Waals surface area (Å²) < 4.78 is 18.0. The minimum atomic E-state index is -2.75.